The smallest absolute Gasteiger partial charge is 0.361 e. The molecular formula is C17H15ClF4N2. The second-order valence-corrected chi connectivity index (χ2v) is 6.08. The monoisotopic (exact) mass is 358 g/mol. The van der Waals surface area contributed by atoms with Gasteiger partial charge in [0.05, 0.1) is 6.04 Å². The Bertz CT molecular complexity index is 733. The lowest BCUT2D eigenvalue weighted by Gasteiger charge is -2.26. The predicted octanol–water partition coefficient (Wildman–Crippen LogP) is 4.54. The van der Waals surface area contributed by atoms with Crippen LogP contribution in [-0.2, 0) is 0 Å². The highest BCUT2D eigenvalue weighted by atomic mass is 35.5. The largest absolute Gasteiger partial charge is 0.405 e. The van der Waals surface area contributed by atoms with Crippen LogP contribution in [0.1, 0.15) is 17.2 Å². The summed E-state index contributed by atoms with van der Waals surface area (Å²) < 4.78 is 52.8. The first-order valence-electron chi connectivity index (χ1n) is 7.44. The fourth-order valence-electron chi connectivity index (χ4n) is 2.99. The third-order valence-corrected chi connectivity index (χ3v) is 4.19. The first kappa shape index (κ1) is 17.0. The van der Waals surface area contributed by atoms with Gasteiger partial charge in [-0.05, 0) is 29.8 Å². The molecule has 1 aliphatic heterocycles. The minimum atomic E-state index is -4.32. The normalized spacial score (nSPS) is 18.2. The Labute approximate surface area is 142 Å². The molecule has 7 heteroatoms. The molecule has 2 nitrogen and oxygen atoms in total. The topological polar surface area (TPSA) is 15.3 Å². The summed E-state index contributed by atoms with van der Waals surface area (Å²) in [5.41, 5.74) is 1.33. The van der Waals surface area contributed by atoms with Crippen LogP contribution in [0.2, 0.25) is 5.02 Å². The first-order chi connectivity index (χ1) is 11.3. The van der Waals surface area contributed by atoms with Crippen LogP contribution in [0.3, 0.4) is 0 Å². The molecule has 1 unspecified atom stereocenters. The molecule has 3 rings (SSSR count). The van der Waals surface area contributed by atoms with E-state index in [0.717, 1.165) is 0 Å². The first-order valence-corrected chi connectivity index (χ1v) is 7.82. The maximum atomic E-state index is 14.2. The van der Waals surface area contributed by atoms with Crippen molar-refractivity contribution in [2.45, 2.75) is 12.2 Å². The number of hydrogen-bond acceptors (Lipinski definition) is 2. The quantitative estimate of drug-likeness (QED) is 0.793. The van der Waals surface area contributed by atoms with Crippen molar-refractivity contribution in [1.82, 2.24) is 5.32 Å². The molecule has 0 fully saturated rings. The van der Waals surface area contributed by atoms with E-state index in [9.17, 15) is 17.6 Å². The zero-order valence-electron chi connectivity index (χ0n) is 12.6. The number of nitrogens with zero attached hydrogens (tertiary/aromatic N) is 1. The Balaban J connectivity index is 2.08. The van der Waals surface area contributed by atoms with Gasteiger partial charge in [-0.25, -0.2) is 4.39 Å². The Morgan fingerprint density at radius 1 is 1.12 bits per heavy atom. The maximum absolute atomic E-state index is 14.2. The third kappa shape index (κ3) is 3.65. The van der Waals surface area contributed by atoms with Gasteiger partial charge in [0.15, 0.2) is 0 Å². The zero-order chi connectivity index (χ0) is 17.3. The molecule has 24 heavy (non-hydrogen) atoms. The molecule has 1 aliphatic rings. The van der Waals surface area contributed by atoms with Crippen molar-refractivity contribution in [3.05, 3.63) is 64.4 Å². The Morgan fingerprint density at radius 2 is 1.88 bits per heavy atom. The molecule has 0 amide bonds. The van der Waals surface area contributed by atoms with Crippen LogP contribution < -0.4 is 10.2 Å². The Morgan fingerprint density at radius 3 is 2.58 bits per heavy atom. The number of nitrogens with one attached hydrogen (secondary N) is 1. The second-order valence-electron chi connectivity index (χ2n) is 5.65. The molecule has 1 heterocycles. The van der Waals surface area contributed by atoms with E-state index in [1.165, 1.54) is 11.0 Å². The fraction of sp³-hybridized carbons (Fsp3) is 0.294. The summed E-state index contributed by atoms with van der Waals surface area (Å²) in [6.45, 7) is -0.603. The van der Waals surface area contributed by atoms with E-state index >= 15 is 0 Å². The average molecular weight is 359 g/mol. The molecular weight excluding hydrogens is 344 g/mol. The van der Waals surface area contributed by atoms with Crippen LogP contribution in [0.25, 0.3) is 0 Å². The minimum absolute atomic E-state index is 0.166. The summed E-state index contributed by atoms with van der Waals surface area (Å²) in [5, 5.41) is 3.52. The van der Waals surface area contributed by atoms with E-state index in [-0.39, 0.29) is 6.54 Å². The van der Waals surface area contributed by atoms with E-state index < -0.39 is 24.6 Å². The number of rotatable bonds is 2. The van der Waals surface area contributed by atoms with Gasteiger partial charge in [-0.2, -0.15) is 13.2 Å². The lowest BCUT2D eigenvalue weighted by molar-refractivity contribution is -0.119. The Kier molecular flexibility index (Phi) is 4.69. The van der Waals surface area contributed by atoms with Crippen LogP contribution in [0.5, 0.6) is 0 Å². The van der Waals surface area contributed by atoms with Crippen LogP contribution in [-0.4, -0.2) is 25.8 Å². The van der Waals surface area contributed by atoms with E-state index in [2.05, 4.69) is 5.32 Å². The highest BCUT2D eigenvalue weighted by Gasteiger charge is 2.34. The van der Waals surface area contributed by atoms with Crippen LogP contribution >= 0.6 is 11.6 Å². The molecule has 1 atom stereocenters. The van der Waals surface area contributed by atoms with Crippen LogP contribution in [0.15, 0.2) is 42.5 Å². The SMILES string of the molecule is Fc1ccccc1C1NCCN(CC(F)(F)F)c2ccc(Cl)cc21. The standard InChI is InChI=1S/C17H15ClF4N2/c18-11-5-6-15-13(9-11)16(12-3-1-2-4-14(12)19)23-7-8-24(15)10-17(20,21)22/h1-6,9,16,23H,7-8,10H2. The number of alkyl halides is 3. The summed E-state index contributed by atoms with van der Waals surface area (Å²) in [4.78, 5) is 1.25. The molecule has 0 spiro atoms. The van der Waals surface area contributed by atoms with Crippen molar-refractivity contribution in [2.75, 3.05) is 24.5 Å². The number of halogens is 5. The molecule has 2 aromatic carbocycles. The molecule has 2 aromatic rings. The van der Waals surface area contributed by atoms with Crippen molar-refractivity contribution < 1.29 is 17.6 Å². The van der Waals surface area contributed by atoms with Gasteiger partial charge >= 0.3 is 6.18 Å². The van der Waals surface area contributed by atoms with Gasteiger partial charge in [-0.3, -0.25) is 0 Å². The van der Waals surface area contributed by atoms with Crippen molar-refractivity contribution in [1.29, 1.82) is 0 Å². The van der Waals surface area contributed by atoms with Crippen molar-refractivity contribution in [3.63, 3.8) is 0 Å². The number of anilines is 1. The average Bonchev–Trinajstić information content (AvgIpc) is 2.66. The van der Waals surface area contributed by atoms with Crippen LogP contribution in [0, 0.1) is 5.82 Å². The molecule has 0 saturated heterocycles. The van der Waals surface area contributed by atoms with Crippen molar-refractivity contribution >= 4 is 17.3 Å². The van der Waals surface area contributed by atoms with Gasteiger partial charge in [0.1, 0.15) is 12.4 Å². The summed E-state index contributed by atoms with van der Waals surface area (Å²) >= 11 is 6.04. The van der Waals surface area contributed by atoms with Gasteiger partial charge in [0, 0.05) is 29.4 Å². The molecule has 0 aliphatic carbocycles. The molecule has 128 valence electrons. The highest BCUT2D eigenvalue weighted by molar-refractivity contribution is 6.30. The second kappa shape index (κ2) is 6.61. The van der Waals surface area contributed by atoms with Gasteiger partial charge in [0.2, 0.25) is 0 Å². The number of hydrogen-bond donors (Lipinski definition) is 1. The zero-order valence-corrected chi connectivity index (χ0v) is 13.3. The van der Waals surface area contributed by atoms with E-state index in [0.29, 0.717) is 28.4 Å². The van der Waals surface area contributed by atoms with Gasteiger partial charge in [-0.15, -0.1) is 0 Å². The summed E-state index contributed by atoms with van der Waals surface area (Å²) in [7, 11) is 0. The van der Waals surface area contributed by atoms with Crippen molar-refractivity contribution in [2.24, 2.45) is 0 Å². The lowest BCUT2D eigenvalue weighted by Crippen LogP contribution is -2.37. The van der Waals surface area contributed by atoms with E-state index in [4.69, 9.17) is 11.6 Å². The van der Waals surface area contributed by atoms with Gasteiger partial charge in [0.25, 0.3) is 0 Å². The minimum Gasteiger partial charge on any atom is -0.361 e. The van der Waals surface area contributed by atoms with Gasteiger partial charge in [-0.1, -0.05) is 29.8 Å². The predicted molar refractivity (Wildman–Crippen MR) is 86.0 cm³/mol. The summed E-state index contributed by atoms with van der Waals surface area (Å²) in [6.07, 6.45) is -4.32. The fourth-order valence-corrected chi connectivity index (χ4v) is 3.17. The molecule has 0 aromatic heterocycles. The highest BCUT2D eigenvalue weighted by Crippen LogP contribution is 2.36. The van der Waals surface area contributed by atoms with Crippen molar-refractivity contribution in [3.8, 4) is 0 Å². The summed E-state index contributed by atoms with van der Waals surface area (Å²) in [6, 6.07) is 10.4. The number of benzene rings is 2. The van der Waals surface area contributed by atoms with Crippen LogP contribution in [0.4, 0.5) is 23.2 Å². The van der Waals surface area contributed by atoms with E-state index in [1.807, 2.05) is 0 Å². The van der Waals surface area contributed by atoms with Gasteiger partial charge < -0.3 is 10.2 Å². The molecule has 0 bridgehead atoms. The summed E-state index contributed by atoms with van der Waals surface area (Å²) in [5.74, 6) is -0.412. The lowest BCUT2D eigenvalue weighted by atomic mass is 9.96. The van der Waals surface area contributed by atoms with E-state index in [1.54, 1.807) is 36.4 Å². The third-order valence-electron chi connectivity index (χ3n) is 3.96. The molecule has 0 saturated carbocycles. The Hall–Kier alpha value is -1.79. The number of fused-ring (bicyclic) bond motifs is 1. The maximum Gasteiger partial charge on any atom is 0.405 e. The molecule has 1 N–H and O–H groups in total. The molecule has 0 radical (unpaired) electrons.